The Balaban J connectivity index is 2.56. The number of likely N-dealkylation sites (N-methyl/N-ethyl adjacent to an activating group) is 1. The van der Waals surface area contributed by atoms with Gasteiger partial charge in [0.25, 0.3) is 0 Å². The zero-order valence-corrected chi connectivity index (χ0v) is 11.8. The van der Waals surface area contributed by atoms with Crippen LogP contribution in [0.25, 0.3) is 0 Å². The van der Waals surface area contributed by atoms with Crippen LogP contribution in [0.2, 0.25) is 0 Å². The second kappa shape index (κ2) is 8.29. The number of ketones is 1. The van der Waals surface area contributed by atoms with Crippen LogP contribution in [0.4, 0.5) is 0 Å². The number of aliphatic imine (C=N–C) groups is 1. The molecule has 0 aliphatic rings. The van der Waals surface area contributed by atoms with Gasteiger partial charge < -0.3 is 22.5 Å². The lowest BCUT2D eigenvalue weighted by Crippen LogP contribution is -2.39. The molecule has 0 aliphatic heterocycles. The van der Waals surface area contributed by atoms with Crippen molar-refractivity contribution >= 4 is 11.7 Å². The summed E-state index contributed by atoms with van der Waals surface area (Å²) in [7, 11) is 1.75. The van der Waals surface area contributed by atoms with Crippen LogP contribution in [0.15, 0.2) is 35.3 Å². The molecule has 2 atom stereocenters. The highest BCUT2D eigenvalue weighted by Gasteiger charge is 2.23. The number of carbonyl (C=O) groups is 1. The number of hydrogen-bond donors (Lipinski definition) is 4. The molecule has 20 heavy (non-hydrogen) atoms. The van der Waals surface area contributed by atoms with Crippen LogP contribution in [0, 0.1) is 0 Å². The molecule has 0 saturated carbocycles. The SMILES string of the molecule is CNC(C(=O)[C@H](N)CCCN=C(N)N)c1ccccc1. The van der Waals surface area contributed by atoms with Crippen LogP contribution in [0.1, 0.15) is 24.4 Å². The van der Waals surface area contributed by atoms with Crippen LogP contribution in [0.3, 0.4) is 0 Å². The smallest absolute Gasteiger partial charge is 0.185 e. The van der Waals surface area contributed by atoms with Crippen molar-refractivity contribution in [1.82, 2.24) is 5.32 Å². The second-order valence-electron chi connectivity index (χ2n) is 4.59. The Bertz CT molecular complexity index is 442. The highest BCUT2D eigenvalue weighted by Crippen LogP contribution is 2.15. The van der Waals surface area contributed by atoms with E-state index in [-0.39, 0.29) is 17.8 Å². The monoisotopic (exact) mass is 277 g/mol. The molecule has 0 aliphatic carbocycles. The number of nitrogens with one attached hydrogen (secondary N) is 1. The number of hydrogen-bond acceptors (Lipinski definition) is 4. The van der Waals surface area contributed by atoms with Crippen molar-refractivity contribution in [3.05, 3.63) is 35.9 Å². The first-order valence-corrected chi connectivity index (χ1v) is 6.63. The van der Waals surface area contributed by atoms with Gasteiger partial charge in [-0.25, -0.2) is 0 Å². The van der Waals surface area contributed by atoms with Crippen LogP contribution in [0.5, 0.6) is 0 Å². The summed E-state index contributed by atoms with van der Waals surface area (Å²) < 4.78 is 0. The molecule has 110 valence electrons. The highest BCUT2D eigenvalue weighted by atomic mass is 16.1. The molecule has 6 nitrogen and oxygen atoms in total. The van der Waals surface area contributed by atoms with Crippen molar-refractivity contribution in [1.29, 1.82) is 0 Å². The van der Waals surface area contributed by atoms with E-state index in [0.717, 1.165) is 5.56 Å². The van der Waals surface area contributed by atoms with E-state index in [1.165, 1.54) is 0 Å². The summed E-state index contributed by atoms with van der Waals surface area (Å²) in [5, 5.41) is 3.01. The molecule has 0 saturated heterocycles. The zero-order chi connectivity index (χ0) is 15.0. The summed E-state index contributed by atoms with van der Waals surface area (Å²) in [6.07, 6.45) is 1.23. The average Bonchev–Trinajstić information content (AvgIpc) is 2.45. The van der Waals surface area contributed by atoms with E-state index in [9.17, 15) is 4.79 Å². The molecule has 1 rings (SSSR count). The van der Waals surface area contributed by atoms with Gasteiger partial charge in [0, 0.05) is 6.54 Å². The third kappa shape index (κ3) is 4.99. The molecular weight excluding hydrogens is 254 g/mol. The Morgan fingerprint density at radius 1 is 1.30 bits per heavy atom. The van der Waals surface area contributed by atoms with Crippen molar-refractivity contribution in [2.45, 2.75) is 24.9 Å². The van der Waals surface area contributed by atoms with Gasteiger partial charge >= 0.3 is 0 Å². The Labute approximate surface area is 119 Å². The fourth-order valence-corrected chi connectivity index (χ4v) is 1.99. The molecule has 1 aromatic carbocycles. The Morgan fingerprint density at radius 3 is 2.50 bits per heavy atom. The molecule has 0 heterocycles. The molecular formula is C14H23N5O. The number of nitrogens with two attached hydrogens (primary N) is 3. The van der Waals surface area contributed by atoms with Gasteiger partial charge in [-0.15, -0.1) is 0 Å². The number of guanidine groups is 1. The van der Waals surface area contributed by atoms with E-state index < -0.39 is 6.04 Å². The maximum Gasteiger partial charge on any atom is 0.185 e. The molecule has 1 aromatic rings. The van der Waals surface area contributed by atoms with Crippen molar-refractivity contribution < 1.29 is 4.79 Å². The number of benzene rings is 1. The Morgan fingerprint density at radius 2 is 1.95 bits per heavy atom. The van der Waals surface area contributed by atoms with Gasteiger partial charge in [0.2, 0.25) is 0 Å². The van der Waals surface area contributed by atoms with Gasteiger partial charge in [-0.05, 0) is 25.5 Å². The minimum atomic E-state index is -0.526. The lowest BCUT2D eigenvalue weighted by Gasteiger charge is -2.19. The first kappa shape index (κ1) is 16.1. The number of carbonyl (C=O) groups excluding carboxylic acids is 1. The fraction of sp³-hybridized carbons (Fsp3) is 0.429. The molecule has 0 aromatic heterocycles. The van der Waals surface area contributed by atoms with Crippen LogP contribution >= 0.6 is 0 Å². The maximum atomic E-state index is 12.3. The predicted octanol–water partition coefficient (Wildman–Crippen LogP) is -0.103. The Hall–Kier alpha value is -1.92. The molecule has 0 spiro atoms. The predicted molar refractivity (Wildman–Crippen MR) is 81.1 cm³/mol. The van der Waals surface area contributed by atoms with Crippen molar-refractivity contribution in [2.24, 2.45) is 22.2 Å². The summed E-state index contributed by atoms with van der Waals surface area (Å²) in [6, 6.07) is 8.62. The molecule has 1 unspecified atom stereocenters. The van der Waals surface area contributed by atoms with Gasteiger partial charge in [0.15, 0.2) is 11.7 Å². The third-order valence-electron chi connectivity index (χ3n) is 3.04. The Kier molecular flexibility index (Phi) is 6.69. The van der Waals surface area contributed by atoms with E-state index in [2.05, 4.69) is 10.3 Å². The van der Waals surface area contributed by atoms with Gasteiger partial charge in [0.05, 0.1) is 12.1 Å². The molecule has 0 fully saturated rings. The fourth-order valence-electron chi connectivity index (χ4n) is 1.99. The summed E-state index contributed by atoms with van der Waals surface area (Å²) in [4.78, 5) is 16.2. The van der Waals surface area contributed by atoms with Gasteiger partial charge in [-0.2, -0.15) is 0 Å². The van der Waals surface area contributed by atoms with Gasteiger partial charge in [0.1, 0.15) is 0 Å². The lowest BCUT2D eigenvalue weighted by atomic mass is 9.96. The van der Waals surface area contributed by atoms with E-state index in [4.69, 9.17) is 17.2 Å². The largest absolute Gasteiger partial charge is 0.370 e. The quantitative estimate of drug-likeness (QED) is 0.300. The molecule has 7 N–H and O–H groups in total. The molecule has 0 amide bonds. The van der Waals surface area contributed by atoms with E-state index in [1.807, 2.05) is 30.3 Å². The summed E-state index contributed by atoms with van der Waals surface area (Å²) in [5.74, 6) is 0.0330. The van der Waals surface area contributed by atoms with Crippen LogP contribution in [-0.2, 0) is 4.79 Å². The van der Waals surface area contributed by atoms with Crippen molar-refractivity contribution in [3.63, 3.8) is 0 Å². The second-order valence-corrected chi connectivity index (χ2v) is 4.59. The van der Waals surface area contributed by atoms with Crippen molar-refractivity contribution in [3.8, 4) is 0 Å². The zero-order valence-electron chi connectivity index (χ0n) is 11.8. The third-order valence-corrected chi connectivity index (χ3v) is 3.04. The van der Waals surface area contributed by atoms with E-state index in [0.29, 0.717) is 19.4 Å². The summed E-state index contributed by atoms with van der Waals surface area (Å²) in [6.45, 7) is 0.485. The van der Waals surface area contributed by atoms with Crippen LogP contribution in [-0.4, -0.2) is 31.4 Å². The topological polar surface area (TPSA) is 120 Å². The average molecular weight is 277 g/mol. The molecule has 0 bridgehead atoms. The minimum absolute atomic E-state index is 0.0246. The number of Topliss-reactive ketones (excluding diaryl/α,β-unsaturated/α-hetero) is 1. The van der Waals surface area contributed by atoms with Crippen LogP contribution < -0.4 is 22.5 Å². The lowest BCUT2D eigenvalue weighted by molar-refractivity contribution is -0.122. The van der Waals surface area contributed by atoms with Gasteiger partial charge in [-0.1, -0.05) is 30.3 Å². The molecule has 0 radical (unpaired) electrons. The number of nitrogens with zero attached hydrogens (tertiary/aromatic N) is 1. The maximum absolute atomic E-state index is 12.3. The summed E-state index contributed by atoms with van der Waals surface area (Å²) >= 11 is 0. The van der Waals surface area contributed by atoms with Gasteiger partial charge in [-0.3, -0.25) is 9.79 Å². The standard InChI is InChI=1S/C14H23N5O/c1-18-12(10-6-3-2-4-7-10)13(20)11(15)8-5-9-19-14(16)17/h2-4,6-7,11-12,18H,5,8-9,15H2,1H3,(H4,16,17,19)/t11-,12?/m1/s1. The van der Waals surface area contributed by atoms with E-state index >= 15 is 0 Å². The van der Waals surface area contributed by atoms with Crippen molar-refractivity contribution in [2.75, 3.05) is 13.6 Å². The normalized spacial score (nSPS) is 13.5. The highest BCUT2D eigenvalue weighted by molar-refractivity contribution is 5.89. The van der Waals surface area contributed by atoms with E-state index in [1.54, 1.807) is 7.05 Å². The number of rotatable bonds is 8. The first-order chi connectivity index (χ1) is 9.56. The first-order valence-electron chi connectivity index (χ1n) is 6.63. The summed E-state index contributed by atoms with van der Waals surface area (Å²) in [5.41, 5.74) is 17.3. The minimum Gasteiger partial charge on any atom is -0.370 e. The molecule has 6 heteroatoms.